The van der Waals surface area contributed by atoms with Crippen molar-refractivity contribution in [2.75, 3.05) is 13.1 Å². The molecule has 2 rings (SSSR count). The van der Waals surface area contributed by atoms with Crippen LogP contribution < -0.4 is 0 Å². The van der Waals surface area contributed by atoms with E-state index in [0.717, 1.165) is 0 Å². The number of carboxylic acids is 1. The van der Waals surface area contributed by atoms with Crippen molar-refractivity contribution in [3.63, 3.8) is 0 Å². The lowest BCUT2D eigenvalue weighted by molar-refractivity contribution is -0.147. The van der Waals surface area contributed by atoms with Gasteiger partial charge in [-0.3, -0.25) is 9.59 Å². The summed E-state index contributed by atoms with van der Waals surface area (Å²) in [6.07, 6.45) is 0.808. The van der Waals surface area contributed by atoms with Crippen LogP contribution in [0.2, 0.25) is 0 Å². The number of carbonyl (C=O) groups is 2. The molecule has 0 saturated carbocycles. The summed E-state index contributed by atoms with van der Waals surface area (Å²) in [5, 5.41) is 9.06. The van der Waals surface area contributed by atoms with Crippen LogP contribution in [0.5, 0.6) is 0 Å². The number of likely N-dealkylation sites (tertiary alicyclic amines) is 1. The molecule has 1 aliphatic heterocycles. The van der Waals surface area contributed by atoms with Crippen molar-refractivity contribution in [2.24, 2.45) is 5.92 Å². The van der Waals surface area contributed by atoms with Gasteiger partial charge in [0.15, 0.2) is 0 Å². The molecule has 1 N–H and O–H groups in total. The highest BCUT2D eigenvalue weighted by molar-refractivity contribution is 5.80. The maximum atomic E-state index is 11.9. The quantitative estimate of drug-likeness (QED) is 0.903. The van der Waals surface area contributed by atoms with Gasteiger partial charge in [0.1, 0.15) is 0 Å². The number of carbonyl (C=O) groups excluding carboxylic acids is 1. The van der Waals surface area contributed by atoms with E-state index < -0.39 is 11.9 Å². The monoisotopic (exact) mass is 261 g/mol. The van der Waals surface area contributed by atoms with Crippen LogP contribution >= 0.6 is 0 Å². The largest absolute Gasteiger partial charge is 0.481 e. The third-order valence-corrected chi connectivity index (χ3v) is 3.71. The van der Waals surface area contributed by atoms with E-state index in [9.17, 15) is 9.59 Å². The third-order valence-electron chi connectivity index (χ3n) is 3.71. The molecule has 0 aromatic heterocycles. The predicted molar refractivity (Wildman–Crippen MR) is 71.8 cm³/mol. The maximum Gasteiger partial charge on any atom is 0.308 e. The fourth-order valence-electron chi connectivity index (χ4n) is 2.51. The summed E-state index contributed by atoms with van der Waals surface area (Å²) in [7, 11) is 0. The molecule has 1 amide bonds. The Hall–Kier alpha value is -1.84. The molecule has 1 saturated heterocycles. The van der Waals surface area contributed by atoms with Gasteiger partial charge in [-0.25, -0.2) is 0 Å². The zero-order valence-electron chi connectivity index (χ0n) is 11.1. The van der Waals surface area contributed by atoms with E-state index >= 15 is 0 Å². The van der Waals surface area contributed by atoms with Gasteiger partial charge in [0.2, 0.25) is 5.91 Å². The molecule has 0 aliphatic carbocycles. The molecular formula is C15H19NO3. The molecule has 4 heteroatoms. The number of carboxylic acid groups (broad SMARTS) is 1. The molecule has 4 nitrogen and oxygen atoms in total. The molecule has 1 aromatic rings. The molecule has 2 unspecified atom stereocenters. The molecule has 1 heterocycles. The zero-order valence-corrected chi connectivity index (χ0v) is 11.1. The van der Waals surface area contributed by atoms with Crippen LogP contribution in [-0.2, 0) is 9.59 Å². The Kier molecular flexibility index (Phi) is 4.20. The lowest BCUT2D eigenvalue weighted by atomic mass is 9.95. The molecular weight excluding hydrogens is 242 g/mol. The van der Waals surface area contributed by atoms with E-state index in [4.69, 9.17) is 5.11 Å². The average molecular weight is 261 g/mol. The molecule has 1 aromatic carbocycles. The van der Waals surface area contributed by atoms with E-state index in [2.05, 4.69) is 6.92 Å². The van der Waals surface area contributed by atoms with Crippen LogP contribution in [0.15, 0.2) is 30.3 Å². The van der Waals surface area contributed by atoms with E-state index in [-0.39, 0.29) is 11.8 Å². The molecule has 19 heavy (non-hydrogen) atoms. The third kappa shape index (κ3) is 3.34. The first-order chi connectivity index (χ1) is 9.08. The SMILES string of the molecule is CC(CN1CC(C(=O)O)CCC1=O)c1ccccc1. The van der Waals surface area contributed by atoms with E-state index in [1.165, 1.54) is 5.56 Å². The number of amides is 1. The van der Waals surface area contributed by atoms with E-state index in [1.807, 2.05) is 30.3 Å². The summed E-state index contributed by atoms with van der Waals surface area (Å²) >= 11 is 0. The van der Waals surface area contributed by atoms with Gasteiger partial charge >= 0.3 is 5.97 Å². The summed E-state index contributed by atoms with van der Waals surface area (Å²) in [6, 6.07) is 9.98. The Morgan fingerprint density at radius 1 is 1.42 bits per heavy atom. The first-order valence-corrected chi connectivity index (χ1v) is 6.63. The fourth-order valence-corrected chi connectivity index (χ4v) is 2.51. The van der Waals surface area contributed by atoms with Gasteiger partial charge in [-0.05, 0) is 17.9 Å². The fraction of sp³-hybridized carbons (Fsp3) is 0.467. The first-order valence-electron chi connectivity index (χ1n) is 6.63. The van der Waals surface area contributed by atoms with Gasteiger partial charge in [0, 0.05) is 19.5 Å². The van der Waals surface area contributed by atoms with Gasteiger partial charge in [-0.1, -0.05) is 37.3 Å². The van der Waals surface area contributed by atoms with Crippen LogP contribution in [0.25, 0.3) is 0 Å². The molecule has 102 valence electrons. The molecule has 0 bridgehead atoms. The Labute approximate surface area is 113 Å². The standard InChI is InChI=1S/C15H19NO3/c1-11(12-5-3-2-4-6-12)9-16-10-13(15(18)19)7-8-14(16)17/h2-6,11,13H,7-10H2,1H3,(H,18,19). The number of nitrogens with zero attached hydrogens (tertiary/aromatic N) is 1. The molecule has 0 radical (unpaired) electrons. The maximum absolute atomic E-state index is 11.9. The Balaban J connectivity index is 2.00. The highest BCUT2D eigenvalue weighted by Gasteiger charge is 2.30. The molecule has 1 fully saturated rings. The minimum Gasteiger partial charge on any atom is -0.481 e. The van der Waals surface area contributed by atoms with E-state index in [1.54, 1.807) is 4.90 Å². The minimum atomic E-state index is -0.801. The van der Waals surface area contributed by atoms with Crippen LogP contribution in [0.4, 0.5) is 0 Å². The van der Waals surface area contributed by atoms with Gasteiger partial charge in [-0.2, -0.15) is 0 Å². The second-order valence-electron chi connectivity index (χ2n) is 5.18. The van der Waals surface area contributed by atoms with Crippen molar-refractivity contribution in [1.29, 1.82) is 0 Å². The van der Waals surface area contributed by atoms with Crippen molar-refractivity contribution in [1.82, 2.24) is 4.90 Å². The normalized spacial score (nSPS) is 21.2. The van der Waals surface area contributed by atoms with Crippen LogP contribution in [0.1, 0.15) is 31.2 Å². The number of benzene rings is 1. The summed E-state index contributed by atoms with van der Waals surface area (Å²) < 4.78 is 0. The van der Waals surface area contributed by atoms with Gasteiger partial charge < -0.3 is 10.0 Å². The minimum absolute atomic E-state index is 0.0697. The van der Waals surface area contributed by atoms with Crippen molar-refractivity contribution >= 4 is 11.9 Å². The summed E-state index contributed by atoms with van der Waals surface area (Å²) in [5.74, 6) is -0.927. The van der Waals surface area contributed by atoms with Crippen molar-refractivity contribution in [2.45, 2.75) is 25.7 Å². The smallest absolute Gasteiger partial charge is 0.308 e. The number of hydrogen-bond acceptors (Lipinski definition) is 2. The molecule has 2 atom stereocenters. The summed E-state index contributed by atoms with van der Waals surface area (Å²) in [6.45, 7) is 2.99. The number of piperidine rings is 1. The van der Waals surface area contributed by atoms with Crippen LogP contribution in [0.3, 0.4) is 0 Å². The summed E-state index contributed by atoms with van der Waals surface area (Å²) in [5.41, 5.74) is 1.17. The Bertz CT molecular complexity index is 458. The molecule has 1 aliphatic rings. The first kappa shape index (κ1) is 13.6. The highest BCUT2D eigenvalue weighted by Crippen LogP contribution is 2.22. The van der Waals surface area contributed by atoms with E-state index in [0.29, 0.717) is 25.9 Å². The Morgan fingerprint density at radius 3 is 2.74 bits per heavy atom. The average Bonchev–Trinajstić information content (AvgIpc) is 2.42. The zero-order chi connectivity index (χ0) is 13.8. The van der Waals surface area contributed by atoms with Crippen LogP contribution in [0, 0.1) is 5.92 Å². The lowest BCUT2D eigenvalue weighted by Gasteiger charge is -2.32. The van der Waals surface area contributed by atoms with Crippen LogP contribution in [-0.4, -0.2) is 35.0 Å². The second-order valence-corrected chi connectivity index (χ2v) is 5.18. The predicted octanol–water partition coefficient (Wildman–Crippen LogP) is 2.11. The molecule has 0 spiro atoms. The Morgan fingerprint density at radius 2 is 2.11 bits per heavy atom. The highest BCUT2D eigenvalue weighted by atomic mass is 16.4. The van der Waals surface area contributed by atoms with Gasteiger partial charge in [0.05, 0.1) is 5.92 Å². The van der Waals surface area contributed by atoms with Gasteiger partial charge in [-0.15, -0.1) is 0 Å². The van der Waals surface area contributed by atoms with Crippen molar-refractivity contribution in [3.05, 3.63) is 35.9 Å². The second kappa shape index (κ2) is 5.87. The number of rotatable bonds is 4. The van der Waals surface area contributed by atoms with Gasteiger partial charge in [0.25, 0.3) is 0 Å². The lowest BCUT2D eigenvalue weighted by Crippen LogP contribution is -2.44. The summed E-state index contributed by atoms with van der Waals surface area (Å²) in [4.78, 5) is 24.6. The number of hydrogen-bond donors (Lipinski definition) is 1. The topological polar surface area (TPSA) is 57.6 Å². The number of aliphatic carboxylic acids is 1. The van der Waals surface area contributed by atoms with Crippen molar-refractivity contribution < 1.29 is 14.7 Å². The van der Waals surface area contributed by atoms with Crippen molar-refractivity contribution in [3.8, 4) is 0 Å².